The zero-order valence-corrected chi connectivity index (χ0v) is 16.5. The maximum Gasteiger partial charge on any atom is 0.255 e. The molecule has 0 bridgehead atoms. The van der Waals surface area contributed by atoms with Crippen LogP contribution in [0.4, 0.5) is 5.69 Å². The molecule has 3 N–H and O–H groups in total. The van der Waals surface area contributed by atoms with Gasteiger partial charge in [-0.15, -0.1) is 0 Å². The SMILES string of the molecule is CC1=C(C(=O)Nc2ccc(C)cc2)[C@@H](c2ccc(Cl)cc2Cl)NC(=S)N1. The topological polar surface area (TPSA) is 53.2 Å². The highest BCUT2D eigenvalue weighted by atomic mass is 35.5. The van der Waals surface area contributed by atoms with E-state index in [4.69, 9.17) is 35.4 Å². The number of anilines is 1. The minimum atomic E-state index is -0.473. The van der Waals surface area contributed by atoms with Crippen molar-refractivity contribution >= 4 is 52.1 Å². The summed E-state index contributed by atoms with van der Waals surface area (Å²) >= 11 is 17.6. The van der Waals surface area contributed by atoms with Gasteiger partial charge in [0.2, 0.25) is 0 Å². The highest BCUT2D eigenvalue weighted by Crippen LogP contribution is 2.33. The van der Waals surface area contributed by atoms with E-state index in [-0.39, 0.29) is 5.91 Å². The van der Waals surface area contributed by atoms with E-state index in [0.717, 1.165) is 16.8 Å². The van der Waals surface area contributed by atoms with Crippen LogP contribution in [0.1, 0.15) is 24.1 Å². The molecule has 134 valence electrons. The fourth-order valence-corrected chi connectivity index (χ4v) is 3.59. The van der Waals surface area contributed by atoms with Crippen LogP contribution >= 0.6 is 35.4 Å². The minimum Gasteiger partial charge on any atom is -0.351 e. The molecular weight excluding hydrogens is 389 g/mol. The summed E-state index contributed by atoms with van der Waals surface area (Å²) in [6.07, 6.45) is 0. The van der Waals surface area contributed by atoms with Crippen molar-refractivity contribution in [1.29, 1.82) is 0 Å². The van der Waals surface area contributed by atoms with Gasteiger partial charge in [0.15, 0.2) is 5.11 Å². The third-order valence-electron chi connectivity index (χ3n) is 4.10. The standard InChI is InChI=1S/C19H17Cl2N3OS/c1-10-3-6-13(7-4-10)23-18(25)16-11(2)22-19(26)24-17(16)14-8-5-12(20)9-15(14)21/h3-9,17H,1-2H3,(H,23,25)(H2,22,24,26)/t17-/m1/s1. The first-order valence-electron chi connectivity index (χ1n) is 7.96. The van der Waals surface area contributed by atoms with E-state index < -0.39 is 6.04 Å². The van der Waals surface area contributed by atoms with Crippen LogP contribution in [0.25, 0.3) is 0 Å². The van der Waals surface area contributed by atoms with E-state index in [0.29, 0.717) is 26.4 Å². The van der Waals surface area contributed by atoms with Crippen LogP contribution in [0.5, 0.6) is 0 Å². The molecule has 1 heterocycles. The van der Waals surface area contributed by atoms with Crippen molar-refractivity contribution in [3.63, 3.8) is 0 Å². The first-order valence-corrected chi connectivity index (χ1v) is 9.13. The van der Waals surface area contributed by atoms with E-state index >= 15 is 0 Å². The first kappa shape index (κ1) is 18.7. The summed E-state index contributed by atoms with van der Waals surface area (Å²) in [6.45, 7) is 3.81. The fourth-order valence-electron chi connectivity index (χ4n) is 2.80. The number of nitrogens with one attached hydrogen (secondary N) is 3. The van der Waals surface area contributed by atoms with E-state index in [1.54, 1.807) is 18.2 Å². The summed E-state index contributed by atoms with van der Waals surface area (Å²) in [4.78, 5) is 13.0. The minimum absolute atomic E-state index is 0.232. The number of hydrogen-bond donors (Lipinski definition) is 3. The Bertz CT molecular complexity index is 910. The maximum atomic E-state index is 13.0. The van der Waals surface area contributed by atoms with E-state index in [1.807, 2.05) is 38.1 Å². The van der Waals surface area contributed by atoms with Gasteiger partial charge in [-0.3, -0.25) is 4.79 Å². The van der Waals surface area contributed by atoms with Crippen LogP contribution in [0.3, 0.4) is 0 Å². The number of halogens is 2. The lowest BCUT2D eigenvalue weighted by Gasteiger charge is -2.31. The average molecular weight is 406 g/mol. The van der Waals surface area contributed by atoms with Gasteiger partial charge in [0.1, 0.15) is 0 Å². The number of hydrogen-bond acceptors (Lipinski definition) is 2. The van der Waals surface area contributed by atoms with Gasteiger partial charge in [-0.05, 0) is 55.9 Å². The summed E-state index contributed by atoms with van der Waals surface area (Å²) in [6, 6.07) is 12.3. The Morgan fingerprint density at radius 3 is 2.46 bits per heavy atom. The predicted molar refractivity (Wildman–Crippen MR) is 111 cm³/mol. The van der Waals surface area contributed by atoms with Crippen LogP contribution in [0.15, 0.2) is 53.7 Å². The monoisotopic (exact) mass is 405 g/mol. The molecule has 0 saturated heterocycles. The van der Waals surface area contributed by atoms with Gasteiger partial charge in [-0.1, -0.05) is 47.0 Å². The normalized spacial score (nSPS) is 16.8. The van der Waals surface area contributed by atoms with Crippen LogP contribution < -0.4 is 16.0 Å². The molecule has 7 heteroatoms. The third-order valence-corrected chi connectivity index (χ3v) is 4.88. The quantitative estimate of drug-likeness (QED) is 0.645. The van der Waals surface area contributed by atoms with Gasteiger partial charge in [0.05, 0.1) is 11.6 Å². The van der Waals surface area contributed by atoms with Crippen LogP contribution in [0, 0.1) is 6.92 Å². The van der Waals surface area contributed by atoms with Crippen LogP contribution in [-0.4, -0.2) is 11.0 Å². The summed E-state index contributed by atoms with van der Waals surface area (Å²) in [5.41, 5.74) is 3.76. The molecule has 26 heavy (non-hydrogen) atoms. The van der Waals surface area contributed by atoms with Crippen molar-refractivity contribution in [1.82, 2.24) is 10.6 Å². The van der Waals surface area contributed by atoms with Gasteiger partial charge in [-0.2, -0.15) is 0 Å². The fraction of sp³-hybridized carbons (Fsp3) is 0.158. The van der Waals surface area contributed by atoms with Gasteiger partial charge >= 0.3 is 0 Å². The highest BCUT2D eigenvalue weighted by molar-refractivity contribution is 7.80. The molecule has 0 radical (unpaired) electrons. The Balaban J connectivity index is 1.97. The Kier molecular flexibility index (Phi) is 5.51. The number of allylic oxidation sites excluding steroid dienone is 1. The predicted octanol–water partition coefficient (Wildman–Crippen LogP) is 4.73. The van der Waals surface area contributed by atoms with Crippen molar-refractivity contribution < 1.29 is 4.79 Å². The van der Waals surface area contributed by atoms with Gasteiger partial charge in [0, 0.05) is 21.4 Å². The second-order valence-corrected chi connectivity index (χ2v) is 7.31. The zero-order chi connectivity index (χ0) is 18.8. The van der Waals surface area contributed by atoms with Crippen LogP contribution in [-0.2, 0) is 4.79 Å². The van der Waals surface area contributed by atoms with Crippen molar-refractivity contribution in [2.75, 3.05) is 5.32 Å². The lowest BCUT2D eigenvalue weighted by molar-refractivity contribution is -0.113. The number of rotatable bonds is 3. The summed E-state index contributed by atoms with van der Waals surface area (Å²) in [5, 5.41) is 10.5. The molecule has 0 aliphatic carbocycles. The summed E-state index contributed by atoms with van der Waals surface area (Å²) in [7, 11) is 0. The number of amides is 1. The molecule has 2 aromatic carbocycles. The largest absolute Gasteiger partial charge is 0.351 e. The molecule has 4 nitrogen and oxygen atoms in total. The first-order chi connectivity index (χ1) is 12.3. The molecule has 1 amide bonds. The van der Waals surface area contributed by atoms with Crippen LogP contribution in [0.2, 0.25) is 10.0 Å². The molecule has 1 aliphatic rings. The zero-order valence-electron chi connectivity index (χ0n) is 14.2. The third kappa shape index (κ3) is 4.01. The van der Waals surface area contributed by atoms with E-state index in [9.17, 15) is 4.79 Å². The smallest absolute Gasteiger partial charge is 0.255 e. The number of carbonyl (C=O) groups is 1. The molecule has 2 aromatic rings. The highest BCUT2D eigenvalue weighted by Gasteiger charge is 2.31. The molecule has 0 spiro atoms. The second-order valence-electron chi connectivity index (χ2n) is 6.06. The molecule has 0 fully saturated rings. The maximum absolute atomic E-state index is 13.0. The lowest BCUT2D eigenvalue weighted by Crippen LogP contribution is -2.45. The Labute approximate surface area is 167 Å². The number of thiocarbonyl (C=S) groups is 1. The number of carbonyl (C=O) groups excluding carboxylic acids is 1. The molecule has 1 atom stereocenters. The second kappa shape index (κ2) is 7.66. The van der Waals surface area contributed by atoms with Gasteiger partial charge in [-0.25, -0.2) is 0 Å². The van der Waals surface area contributed by atoms with Gasteiger partial charge < -0.3 is 16.0 Å². The Morgan fingerprint density at radius 1 is 1.12 bits per heavy atom. The average Bonchev–Trinajstić information content (AvgIpc) is 2.56. The molecule has 3 rings (SSSR count). The van der Waals surface area contributed by atoms with Crippen molar-refractivity contribution in [3.8, 4) is 0 Å². The van der Waals surface area contributed by atoms with Crippen molar-refractivity contribution in [3.05, 3.63) is 74.9 Å². The van der Waals surface area contributed by atoms with E-state index in [1.165, 1.54) is 0 Å². The summed E-state index contributed by atoms with van der Waals surface area (Å²) in [5.74, 6) is -0.232. The number of aryl methyl sites for hydroxylation is 1. The molecule has 0 saturated carbocycles. The lowest BCUT2D eigenvalue weighted by atomic mass is 9.95. The number of benzene rings is 2. The molecule has 1 aliphatic heterocycles. The Hall–Kier alpha value is -2.08. The van der Waals surface area contributed by atoms with Crippen molar-refractivity contribution in [2.45, 2.75) is 19.9 Å². The molecule has 0 unspecified atom stereocenters. The Morgan fingerprint density at radius 2 is 1.81 bits per heavy atom. The summed E-state index contributed by atoms with van der Waals surface area (Å²) < 4.78 is 0. The molecular formula is C19H17Cl2N3OS. The van der Waals surface area contributed by atoms with Gasteiger partial charge in [0.25, 0.3) is 5.91 Å². The molecule has 0 aromatic heterocycles. The van der Waals surface area contributed by atoms with E-state index in [2.05, 4.69) is 16.0 Å². The van der Waals surface area contributed by atoms with Crippen molar-refractivity contribution in [2.24, 2.45) is 0 Å².